The smallest absolute Gasteiger partial charge is 0.168 e. The van der Waals surface area contributed by atoms with Gasteiger partial charge in [0.2, 0.25) is 0 Å². The number of ether oxygens (including phenoxy) is 2. The molecule has 3 aliphatic rings. The maximum atomic E-state index is 5.79. The number of fused-ring (bicyclic) bond motifs is 1. The van der Waals surface area contributed by atoms with E-state index in [0.717, 1.165) is 37.9 Å². The molecule has 2 heterocycles. The molecule has 2 atom stereocenters. The largest absolute Gasteiger partial charge is 0.348 e. The molecule has 0 aromatic heterocycles. The molecule has 2 unspecified atom stereocenters. The summed E-state index contributed by atoms with van der Waals surface area (Å²) < 4.78 is 11.6. The SMILES string of the molecule is C1CC2CC3(CCC2CN1)OCCO3. The van der Waals surface area contributed by atoms with Crippen molar-refractivity contribution in [2.24, 2.45) is 11.8 Å². The molecular formula is C11H19NO2. The van der Waals surface area contributed by atoms with Gasteiger partial charge < -0.3 is 14.8 Å². The first-order chi connectivity index (χ1) is 6.88. The summed E-state index contributed by atoms with van der Waals surface area (Å²) in [7, 11) is 0. The highest BCUT2D eigenvalue weighted by molar-refractivity contribution is 4.90. The number of nitrogens with one attached hydrogen (secondary N) is 1. The second-order valence-electron chi connectivity index (χ2n) is 4.86. The minimum absolute atomic E-state index is 0.168. The second-order valence-corrected chi connectivity index (χ2v) is 4.86. The van der Waals surface area contributed by atoms with Gasteiger partial charge in [0, 0.05) is 12.8 Å². The topological polar surface area (TPSA) is 30.5 Å². The molecule has 0 amide bonds. The molecule has 14 heavy (non-hydrogen) atoms. The second kappa shape index (κ2) is 3.47. The molecular weight excluding hydrogens is 178 g/mol. The zero-order chi connectivity index (χ0) is 9.43. The van der Waals surface area contributed by atoms with Crippen LogP contribution in [-0.2, 0) is 9.47 Å². The van der Waals surface area contributed by atoms with Crippen molar-refractivity contribution in [1.82, 2.24) is 5.32 Å². The predicted octanol–water partition coefficient (Wildman–Crippen LogP) is 1.14. The van der Waals surface area contributed by atoms with Gasteiger partial charge in [0.1, 0.15) is 0 Å². The van der Waals surface area contributed by atoms with E-state index < -0.39 is 0 Å². The normalized spacial score (nSPS) is 41.1. The number of rotatable bonds is 0. The van der Waals surface area contributed by atoms with E-state index in [2.05, 4.69) is 5.32 Å². The molecule has 1 aliphatic carbocycles. The summed E-state index contributed by atoms with van der Waals surface area (Å²) in [4.78, 5) is 0. The molecule has 80 valence electrons. The highest BCUT2D eigenvalue weighted by atomic mass is 16.7. The molecule has 2 saturated heterocycles. The van der Waals surface area contributed by atoms with E-state index in [-0.39, 0.29) is 5.79 Å². The van der Waals surface area contributed by atoms with Gasteiger partial charge in [-0.25, -0.2) is 0 Å². The van der Waals surface area contributed by atoms with Crippen molar-refractivity contribution in [3.05, 3.63) is 0 Å². The number of hydrogen-bond acceptors (Lipinski definition) is 3. The van der Waals surface area contributed by atoms with Crippen molar-refractivity contribution < 1.29 is 9.47 Å². The summed E-state index contributed by atoms with van der Waals surface area (Å²) in [6.07, 6.45) is 4.83. The fourth-order valence-electron chi connectivity index (χ4n) is 3.25. The van der Waals surface area contributed by atoms with Crippen LogP contribution in [0.2, 0.25) is 0 Å². The first kappa shape index (κ1) is 9.13. The summed E-state index contributed by atoms with van der Waals surface area (Å²) >= 11 is 0. The summed E-state index contributed by atoms with van der Waals surface area (Å²) in [5, 5.41) is 3.48. The van der Waals surface area contributed by atoms with Crippen LogP contribution in [0.1, 0.15) is 25.7 Å². The minimum atomic E-state index is -0.168. The Hall–Kier alpha value is -0.120. The molecule has 3 nitrogen and oxygen atoms in total. The Labute approximate surface area is 85.1 Å². The van der Waals surface area contributed by atoms with E-state index in [4.69, 9.17) is 9.47 Å². The summed E-state index contributed by atoms with van der Waals surface area (Å²) in [6, 6.07) is 0. The highest BCUT2D eigenvalue weighted by Crippen LogP contribution is 2.43. The zero-order valence-corrected chi connectivity index (χ0v) is 8.63. The maximum absolute atomic E-state index is 5.79. The fraction of sp³-hybridized carbons (Fsp3) is 1.00. The van der Waals surface area contributed by atoms with Crippen LogP contribution in [0, 0.1) is 11.8 Å². The molecule has 3 heteroatoms. The lowest BCUT2D eigenvalue weighted by Crippen LogP contribution is -2.46. The van der Waals surface area contributed by atoms with Crippen molar-refractivity contribution in [3.8, 4) is 0 Å². The summed E-state index contributed by atoms with van der Waals surface area (Å²) in [5.41, 5.74) is 0. The van der Waals surface area contributed by atoms with Gasteiger partial charge in [-0.3, -0.25) is 0 Å². The lowest BCUT2D eigenvalue weighted by Gasteiger charge is -2.43. The molecule has 0 radical (unpaired) electrons. The van der Waals surface area contributed by atoms with Crippen molar-refractivity contribution >= 4 is 0 Å². The van der Waals surface area contributed by atoms with Crippen LogP contribution in [0.4, 0.5) is 0 Å². The Bertz CT molecular complexity index is 213. The Morgan fingerprint density at radius 3 is 2.79 bits per heavy atom. The van der Waals surface area contributed by atoms with Gasteiger partial charge in [0.25, 0.3) is 0 Å². The third kappa shape index (κ3) is 1.47. The number of piperidine rings is 1. The Morgan fingerprint density at radius 2 is 1.93 bits per heavy atom. The van der Waals surface area contributed by atoms with E-state index in [0.29, 0.717) is 0 Å². The van der Waals surface area contributed by atoms with E-state index in [1.807, 2.05) is 0 Å². The van der Waals surface area contributed by atoms with E-state index in [1.54, 1.807) is 0 Å². The first-order valence-corrected chi connectivity index (χ1v) is 5.87. The third-order valence-corrected chi connectivity index (χ3v) is 4.05. The van der Waals surface area contributed by atoms with Gasteiger partial charge in [0.05, 0.1) is 13.2 Å². The van der Waals surface area contributed by atoms with Crippen molar-refractivity contribution in [2.45, 2.75) is 31.5 Å². The third-order valence-electron chi connectivity index (χ3n) is 4.05. The Morgan fingerprint density at radius 1 is 1.07 bits per heavy atom. The van der Waals surface area contributed by atoms with Gasteiger partial charge in [0.15, 0.2) is 5.79 Å². The predicted molar refractivity (Wildman–Crippen MR) is 53.0 cm³/mol. The van der Waals surface area contributed by atoms with Crippen LogP contribution < -0.4 is 5.32 Å². The van der Waals surface area contributed by atoms with Crippen LogP contribution in [0.25, 0.3) is 0 Å². The summed E-state index contributed by atoms with van der Waals surface area (Å²) in [6.45, 7) is 3.99. The van der Waals surface area contributed by atoms with Crippen LogP contribution in [0.15, 0.2) is 0 Å². The highest BCUT2D eigenvalue weighted by Gasteiger charge is 2.45. The van der Waals surface area contributed by atoms with Crippen molar-refractivity contribution in [1.29, 1.82) is 0 Å². The van der Waals surface area contributed by atoms with Crippen LogP contribution in [-0.4, -0.2) is 32.1 Å². The fourth-order valence-corrected chi connectivity index (χ4v) is 3.25. The zero-order valence-electron chi connectivity index (χ0n) is 8.63. The molecule has 2 aliphatic heterocycles. The molecule has 0 aromatic rings. The molecule has 0 bridgehead atoms. The monoisotopic (exact) mass is 197 g/mol. The van der Waals surface area contributed by atoms with Gasteiger partial charge in [-0.2, -0.15) is 0 Å². The number of hydrogen-bond donors (Lipinski definition) is 1. The first-order valence-electron chi connectivity index (χ1n) is 5.87. The minimum Gasteiger partial charge on any atom is -0.348 e. The van der Waals surface area contributed by atoms with Crippen molar-refractivity contribution in [3.63, 3.8) is 0 Å². The van der Waals surface area contributed by atoms with Crippen LogP contribution in [0.3, 0.4) is 0 Å². The standard InChI is InChI=1S/C11H19NO2/c1-3-11(13-5-6-14-11)7-9-2-4-12-8-10(1)9/h9-10,12H,1-8H2. The van der Waals surface area contributed by atoms with Gasteiger partial charge in [-0.05, 0) is 37.8 Å². The summed E-state index contributed by atoms with van der Waals surface area (Å²) in [5.74, 6) is 1.55. The molecule has 3 fully saturated rings. The molecule has 1 N–H and O–H groups in total. The lowest BCUT2D eigenvalue weighted by molar-refractivity contribution is -0.196. The maximum Gasteiger partial charge on any atom is 0.168 e. The quantitative estimate of drug-likeness (QED) is 0.631. The van der Waals surface area contributed by atoms with E-state index in [9.17, 15) is 0 Å². The van der Waals surface area contributed by atoms with Gasteiger partial charge in [-0.1, -0.05) is 0 Å². The Balaban J connectivity index is 1.70. The molecule has 1 saturated carbocycles. The van der Waals surface area contributed by atoms with E-state index in [1.165, 1.54) is 25.9 Å². The van der Waals surface area contributed by atoms with Gasteiger partial charge >= 0.3 is 0 Å². The van der Waals surface area contributed by atoms with Gasteiger partial charge in [-0.15, -0.1) is 0 Å². The van der Waals surface area contributed by atoms with Crippen molar-refractivity contribution in [2.75, 3.05) is 26.3 Å². The van der Waals surface area contributed by atoms with E-state index >= 15 is 0 Å². The van der Waals surface area contributed by atoms with Crippen LogP contribution >= 0.6 is 0 Å². The lowest BCUT2D eigenvalue weighted by atomic mass is 9.73. The van der Waals surface area contributed by atoms with Crippen LogP contribution in [0.5, 0.6) is 0 Å². The molecule has 3 rings (SSSR count). The molecule has 0 aromatic carbocycles. The average molecular weight is 197 g/mol. The molecule has 1 spiro atoms. The average Bonchev–Trinajstić information content (AvgIpc) is 2.66. The Kier molecular flexibility index (Phi) is 2.26.